The fraction of sp³-hybridized carbons (Fsp3) is 0.424. The second-order valence-corrected chi connectivity index (χ2v) is 12.6. The van der Waals surface area contributed by atoms with Crippen molar-refractivity contribution in [3.8, 4) is 28.5 Å². The van der Waals surface area contributed by atoms with Crippen molar-refractivity contribution < 1.29 is 46.5 Å². The van der Waals surface area contributed by atoms with Crippen molar-refractivity contribution in [3.63, 3.8) is 0 Å². The SMILES string of the molecule is COc1cc(C(=O)NCC(O)(c2cc3c(c(-c4ccc(F)cc4)n2)OC[C@]3(C)C(=O)NC2(C)CC2)C(F)(F)F)ccc1OC1CC1. The maximum absolute atomic E-state index is 14.8. The van der Waals surface area contributed by atoms with E-state index < -0.39 is 52.6 Å². The molecule has 2 amide bonds. The normalized spacial score (nSPS) is 21.0. The maximum Gasteiger partial charge on any atom is 0.424 e. The first-order chi connectivity index (χ1) is 21.7. The van der Waals surface area contributed by atoms with Gasteiger partial charge in [-0.05, 0) is 88.1 Å². The van der Waals surface area contributed by atoms with E-state index in [-0.39, 0.29) is 46.6 Å². The number of alkyl halides is 3. The molecule has 0 saturated heterocycles. The first kappa shape index (κ1) is 31.6. The lowest BCUT2D eigenvalue weighted by atomic mass is 9.81. The highest BCUT2D eigenvalue weighted by Gasteiger charge is 2.58. The largest absolute Gasteiger partial charge is 0.493 e. The van der Waals surface area contributed by atoms with E-state index in [1.165, 1.54) is 44.4 Å². The van der Waals surface area contributed by atoms with E-state index in [1.54, 1.807) is 0 Å². The van der Waals surface area contributed by atoms with Crippen LogP contribution in [-0.4, -0.2) is 60.0 Å². The summed E-state index contributed by atoms with van der Waals surface area (Å²) < 4.78 is 75.2. The van der Waals surface area contributed by atoms with Crippen molar-refractivity contribution in [1.82, 2.24) is 15.6 Å². The second kappa shape index (κ2) is 11.1. The lowest BCUT2D eigenvalue weighted by Crippen LogP contribution is -2.52. The molecule has 2 saturated carbocycles. The molecule has 9 nitrogen and oxygen atoms in total. The number of halogens is 4. The van der Waals surface area contributed by atoms with Gasteiger partial charge in [0.2, 0.25) is 11.5 Å². The molecule has 46 heavy (non-hydrogen) atoms. The van der Waals surface area contributed by atoms with Crippen molar-refractivity contribution in [3.05, 3.63) is 71.2 Å². The highest BCUT2D eigenvalue weighted by atomic mass is 19.4. The molecule has 0 bridgehead atoms. The molecule has 1 aromatic heterocycles. The van der Waals surface area contributed by atoms with Crippen molar-refractivity contribution in [2.45, 2.75) is 68.4 Å². The lowest BCUT2D eigenvalue weighted by Gasteiger charge is -2.32. The number of nitrogens with zero attached hydrogens (tertiary/aromatic N) is 1. The Morgan fingerprint density at radius 2 is 1.76 bits per heavy atom. The van der Waals surface area contributed by atoms with E-state index in [0.29, 0.717) is 5.75 Å². The number of benzene rings is 2. The molecule has 244 valence electrons. The molecule has 0 spiro atoms. The van der Waals surface area contributed by atoms with Gasteiger partial charge in [0.25, 0.3) is 5.91 Å². The predicted molar refractivity (Wildman–Crippen MR) is 157 cm³/mol. The molecular formula is C33H33F4N3O6. The monoisotopic (exact) mass is 643 g/mol. The second-order valence-electron chi connectivity index (χ2n) is 12.6. The Balaban J connectivity index is 1.37. The third-order valence-corrected chi connectivity index (χ3v) is 8.75. The zero-order valence-electron chi connectivity index (χ0n) is 25.4. The smallest absolute Gasteiger partial charge is 0.424 e. The van der Waals surface area contributed by atoms with Gasteiger partial charge in [-0.1, -0.05) is 0 Å². The maximum atomic E-state index is 14.8. The van der Waals surface area contributed by atoms with Crippen LogP contribution in [0.25, 0.3) is 11.3 Å². The number of aliphatic hydroxyl groups is 1. The molecule has 2 atom stereocenters. The Labute approximate surface area is 262 Å². The van der Waals surface area contributed by atoms with Crippen LogP contribution in [0, 0.1) is 5.82 Å². The number of hydrogen-bond acceptors (Lipinski definition) is 7. The van der Waals surface area contributed by atoms with Crippen LogP contribution in [0.3, 0.4) is 0 Å². The first-order valence-electron chi connectivity index (χ1n) is 14.9. The number of aromatic nitrogens is 1. The quantitative estimate of drug-likeness (QED) is 0.268. The fourth-order valence-corrected chi connectivity index (χ4v) is 5.23. The average Bonchev–Trinajstić information content (AvgIpc) is 3.95. The number of pyridine rings is 1. The van der Waals surface area contributed by atoms with E-state index in [1.807, 2.05) is 6.92 Å². The van der Waals surface area contributed by atoms with Crippen LogP contribution in [0.15, 0.2) is 48.5 Å². The van der Waals surface area contributed by atoms with Gasteiger partial charge in [-0.15, -0.1) is 0 Å². The van der Waals surface area contributed by atoms with Gasteiger partial charge in [0.05, 0.1) is 25.5 Å². The molecule has 2 heterocycles. The first-order valence-corrected chi connectivity index (χ1v) is 14.9. The Morgan fingerprint density at radius 3 is 2.37 bits per heavy atom. The van der Waals surface area contributed by atoms with Gasteiger partial charge in [-0.25, -0.2) is 9.37 Å². The minimum absolute atomic E-state index is 0.0235. The Bertz CT molecular complexity index is 1690. The lowest BCUT2D eigenvalue weighted by molar-refractivity contribution is -0.265. The molecule has 3 aliphatic rings. The molecule has 0 radical (unpaired) electrons. The summed E-state index contributed by atoms with van der Waals surface area (Å²) >= 11 is 0. The number of carbonyl (C=O) groups excluding carboxylic acids is 2. The van der Waals surface area contributed by atoms with E-state index in [9.17, 15) is 32.3 Å². The molecule has 3 aromatic rings. The van der Waals surface area contributed by atoms with Crippen molar-refractivity contribution >= 4 is 11.8 Å². The van der Waals surface area contributed by atoms with Gasteiger partial charge in [0.1, 0.15) is 29.3 Å². The van der Waals surface area contributed by atoms with E-state index in [2.05, 4.69) is 15.6 Å². The summed E-state index contributed by atoms with van der Waals surface area (Å²) in [5.74, 6) is -1.29. The summed E-state index contributed by atoms with van der Waals surface area (Å²) in [6.45, 7) is 1.89. The van der Waals surface area contributed by atoms with Gasteiger partial charge in [0.15, 0.2) is 11.5 Å². The predicted octanol–water partition coefficient (Wildman–Crippen LogP) is 4.94. The molecule has 2 aliphatic carbocycles. The van der Waals surface area contributed by atoms with Gasteiger partial charge >= 0.3 is 6.18 Å². The summed E-state index contributed by atoms with van der Waals surface area (Å²) in [5, 5.41) is 16.5. The number of amides is 2. The number of fused-ring (bicyclic) bond motifs is 1. The topological polar surface area (TPSA) is 119 Å². The highest BCUT2D eigenvalue weighted by Crippen LogP contribution is 2.48. The van der Waals surface area contributed by atoms with Crippen molar-refractivity contribution in [2.24, 2.45) is 0 Å². The molecule has 2 fully saturated rings. The van der Waals surface area contributed by atoms with Gasteiger partial charge in [-0.3, -0.25) is 9.59 Å². The number of hydrogen-bond donors (Lipinski definition) is 3. The Hall–Kier alpha value is -4.39. The standard InChI is InChI=1S/C33H33F4N3O6/c1-30(12-13-30)40-29(42)31(2)17-45-27-22(31)15-25(39-26(27)18-4-7-20(34)8-5-18)32(43,33(35,36)37)16-38-28(41)19-6-11-23(24(14-19)44-3)46-21-9-10-21/h4-8,11,14-15,21,43H,9-10,12-13,16-17H2,1-3H3,(H,38,41)(H,40,42)/t31-,32?/m0/s1. The zero-order chi connectivity index (χ0) is 33.1. The zero-order valence-corrected chi connectivity index (χ0v) is 25.4. The van der Waals surface area contributed by atoms with E-state index in [0.717, 1.165) is 43.9 Å². The number of ether oxygens (including phenoxy) is 3. The summed E-state index contributed by atoms with van der Waals surface area (Å²) in [7, 11) is 1.38. The number of carbonyl (C=O) groups is 2. The molecule has 3 N–H and O–H groups in total. The van der Waals surface area contributed by atoms with Gasteiger partial charge in [0, 0.05) is 22.2 Å². The van der Waals surface area contributed by atoms with Crippen LogP contribution in [0.2, 0.25) is 0 Å². The molecule has 6 rings (SSSR count). The van der Waals surface area contributed by atoms with E-state index >= 15 is 0 Å². The third-order valence-electron chi connectivity index (χ3n) is 8.75. The van der Waals surface area contributed by atoms with Crippen LogP contribution < -0.4 is 24.8 Å². The highest BCUT2D eigenvalue weighted by molar-refractivity contribution is 5.95. The minimum Gasteiger partial charge on any atom is -0.493 e. The summed E-state index contributed by atoms with van der Waals surface area (Å²) in [4.78, 5) is 30.8. The van der Waals surface area contributed by atoms with Crippen LogP contribution in [0.4, 0.5) is 17.6 Å². The Morgan fingerprint density at radius 1 is 1.07 bits per heavy atom. The summed E-state index contributed by atoms with van der Waals surface area (Å²) in [5.41, 5.74) is -6.31. The van der Waals surface area contributed by atoms with Gasteiger partial charge < -0.3 is 30.0 Å². The third kappa shape index (κ3) is 5.83. The number of rotatable bonds is 10. The summed E-state index contributed by atoms with van der Waals surface area (Å²) in [6, 6.07) is 10.0. The average molecular weight is 644 g/mol. The molecule has 13 heteroatoms. The van der Waals surface area contributed by atoms with Crippen LogP contribution in [0.1, 0.15) is 61.1 Å². The van der Waals surface area contributed by atoms with Crippen molar-refractivity contribution in [2.75, 3.05) is 20.3 Å². The molecule has 1 aliphatic heterocycles. The Kier molecular flexibility index (Phi) is 7.65. The minimum atomic E-state index is -5.33. The molecular weight excluding hydrogens is 610 g/mol. The number of methoxy groups -OCH3 is 1. The van der Waals surface area contributed by atoms with Crippen LogP contribution in [-0.2, 0) is 15.8 Å². The fourth-order valence-electron chi connectivity index (χ4n) is 5.23. The van der Waals surface area contributed by atoms with Gasteiger partial charge in [-0.2, -0.15) is 13.2 Å². The van der Waals surface area contributed by atoms with Crippen molar-refractivity contribution in [1.29, 1.82) is 0 Å². The number of nitrogens with one attached hydrogen (secondary N) is 2. The summed E-state index contributed by atoms with van der Waals surface area (Å²) in [6.07, 6.45) is -2.01. The molecule has 2 aromatic carbocycles. The van der Waals surface area contributed by atoms with Crippen LogP contribution in [0.5, 0.6) is 17.2 Å². The van der Waals surface area contributed by atoms with E-state index in [4.69, 9.17) is 14.2 Å². The van der Waals surface area contributed by atoms with Crippen LogP contribution >= 0.6 is 0 Å². The molecule has 1 unspecified atom stereocenters.